The summed E-state index contributed by atoms with van der Waals surface area (Å²) in [4.78, 5) is 36.6. The normalized spacial score (nSPS) is 17.5. The molecule has 1 fully saturated rings. The van der Waals surface area contributed by atoms with Crippen LogP contribution in [0.5, 0.6) is 0 Å². The van der Waals surface area contributed by atoms with Crippen LogP contribution in [-0.2, 0) is 20.8 Å². The second-order valence-corrected chi connectivity index (χ2v) is 5.09. The van der Waals surface area contributed by atoms with Crippen LogP contribution in [0, 0.1) is 0 Å². The number of amides is 3. The molecule has 1 aromatic carbocycles. The zero-order chi connectivity index (χ0) is 15.2. The fourth-order valence-electron chi connectivity index (χ4n) is 2.50. The molecule has 21 heavy (non-hydrogen) atoms. The van der Waals surface area contributed by atoms with Crippen molar-refractivity contribution >= 4 is 17.7 Å². The van der Waals surface area contributed by atoms with Crippen LogP contribution < -0.4 is 11.1 Å². The van der Waals surface area contributed by atoms with Crippen molar-refractivity contribution < 1.29 is 14.4 Å². The summed E-state index contributed by atoms with van der Waals surface area (Å²) < 4.78 is 0. The van der Waals surface area contributed by atoms with Gasteiger partial charge >= 0.3 is 0 Å². The molecular formula is C15H19N3O3. The van der Waals surface area contributed by atoms with Crippen LogP contribution in [0.1, 0.15) is 18.4 Å². The molecule has 3 amide bonds. The molecule has 1 atom stereocenters. The van der Waals surface area contributed by atoms with Crippen LogP contribution in [0.25, 0.3) is 0 Å². The lowest BCUT2D eigenvalue weighted by molar-refractivity contribution is -0.138. The number of primary amides is 1. The molecule has 112 valence electrons. The number of likely N-dealkylation sites (tertiary alicyclic amines) is 1. The second-order valence-electron chi connectivity index (χ2n) is 5.09. The van der Waals surface area contributed by atoms with Crippen LogP contribution in [0.2, 0.25) is 0 Å². The molecular weight excluding hydrogens is 270 g/mol. The Morgan fingerprint density at radius 3 is 2.62 bits per heavy atom. The summed E-state index contributed by atoms with van der Waals surface area (Å²) in [6.07, 6.45) is 1.68. The van der Waals surface area contributed by atoms with E-state index in [0.717, 1.165) is 12.0 Å². The second kappa shape index (κ2) is 6.88. The molecule has 6 heteroatoms. The number of nitrogens with two attached hydrogens (primary N) is 1. The monoisotopic (exact) mass is 289 g/mol. The quantitative estimate of drug-likeness (QED) is 0.787. The largest absolute Gasteiger partial charge is 0.368 e. The molecule has 1 aliphatic heterocycles. The van der Waals surface area contributed by atoms with Gasteiger partial charge in [0.25, 0.3) is 0 Å². The van der Waals surface area contributed by atoms with Gasteiger partial charge in [0.1, 0.15) is 6.04 Å². The highest BCUT2D eigenvalue weighted by molar-refractivity contribution is 5.91. The van der Waals surface area contributed by atoms with E-state index in [9.17, 15) is 14.4 Å². The van der Waals surface area contributed by atoms with E-state index in [-0.39, 0.29) is 24.8 Å². The van der Waals surface area contributed by atoms with E-state index in [1.54, 1.807) is 4.90 Å². The summed E-state index contributed by atoms with van der Waals surface area (Å²) in [5, 5.41) is 2.47. The lowest BCUT2D eigenvalue weighted by Crippen LogP contribution is -2.48. The van der Waals surface area contributed by atoms with Crippen molar-refractivity contribution in [3.8, 4) is 0 Å². The van der Waals surface area contributed by atoms with Gasteiger partial charge in [0.15, 0.2) is 0 Å². The SMILES string of the molecule is NC(=O)CNC(=O)[C@@H]1CCCN1C(=O)Cc1ccccc1. The smallest absolute Gasteiger partial charge is 0.243 e. The third kappa shape index (κ3) is 4.05. The standard InChI is InChI=1S/C15H19N3O3/c16-13(19)10-17-15(21)12-7-4-8-18(12)14(20)9-11-5-2-1-3-6-11/h1-3,5-6,12H,4,7-10H2,(H2,16,19)(H,17,21)/t12-/m0/s1. The third-order valence-electron chi connectivity index (χ3n) is 3.51. The number of benzene rings is 1. The number of carbonyl (C=O) groups is 3. The van der Waals surface area contributed by atoms with Gasteiger partial charge in [-0.3, -0.25) is 14.4 Å². The average molecular weight is 289 g/mol. The van der Waals surface area contributed by atoms with Crippen LogP contribution in [0.3, 0.4) is 0 Å². The van der Waals surface area contributed by atoms with Crippen molar-refractivity contribution in [2.75, 3.05) is 13.1 Å². The van der Waals surface area contributed by atoms with Crippen molar-refractivity contribution in [3.63, 3.8) is 0 Å². The molecule has 0 saturated carbocycles. The lowest BCUT2D eigenvalue weighted by Gasteiger charge is -2.23. The highest BCUT2D eigenvalue weighted by Gasteiger charge is 2.33. The molecule has 0 aromatic heterocycles. The predicted molar refractivity (Wildman–Crippen MR) is 77.1 cm³/mol. The first-order chi connectivity index (χ1) is 10.1. The Bertz CT molecular complexity index is 530. The zero-order valence-corrected chi connectivity index (χ0v) is 11.7. The number of nitrogens with zero attached hydrogens (tertiary/aromatic N) is 1. The van der Waals surface area contributed by atoms with E-state index >= 15 is 0 Å². The molecule has 0 aliphatic carbocycles. The van der Waals surface area contributed by atoms with Crippen molar-refractivity contribution in [2.24, 2.45) is 5.73 Å². The van der Waals surface area contributed by atoms with Crippen LogP contribution in [-0.4, -0.2) is 41.8 Å². The molecule has 0 bridgehead atoms. The molecule has 1 aromatic rings. The number of carbonyl (C=O) groups excluding carboxylic acids is 3. The first-order valence-electron chi connectivity index (χ1n) is 6.97. The number of hydrogen-bond acceptors (Lipinski definition) is 3. The van der Waals surface area contributed by atoms with Gasteiger partial charge in [0, 0.05) is 6.54 Å². The van der Waals surface area contributed by atoms with Crippen molar-refractivity contribution in [3.05, 3.63) is 35.9 Å². The van der Waals surface area contributed by atoms with E-state index in [2.05, 4.69) is 5.32 Å². The Morgan fingerprint density at radius 2 is 1.95 bits per heavy atom. The Morgan fingerprint density at radius 1 is 1.24 bits per heavy atom. The van der Waals surface area contributed by atoms with Crippen molar-refractivity contribution in [1.82, 2.24) is 10.2 Å². The van der Waals surface area contributed by atoms with Gasteiger partial charge in [-0.25, -0.2) is 0 Å². The fourth-order valence-corrected chi connectivity index (χ4v) is 2.50. The first kappa shape index (κ1) is 15.0. The average Bonchev–Trinajstić information content (AvgIpc) is 2.95. The van der Waals surface area contributed by atoms with Gasteiger partial charge in [-0.05, 0) is 18.4 Å². The number of nitrogens with one attached hydrogen (secondary N) is 1. The maximum atomic E-state index is 12.3. The van der Waals surface area contributed by atoms with Crippen LogP contribution in [0.4, 0.5) is 0 Å². The summed E-state index contributed by atoms with van der Waals surface area (Å²) in [7, 11) is 0. The van der Waals surface area contributed by atoms with E-state index in [4.69, 9.17) is 5.73 Å². The van der Waals surface area contributed by atoms with Gasteiger partial charge in [-0.1, -0.05) is 30.3 Å². The van der Waals surface area contributed by atoms with E-state index in [1.807, 2.05) is 30.3 Å². The Hall–Kier alpha value is -2.37. The third-order valence-corrected chi connectivity index (χ3v) is 3.51. The number of rotatable bonds is 5. The molecule has 2 rings (SSSR count). The Kier molecular flexibility index (Phi) is 4.92. The fraction of sp³-hybridized carbons (Fsp3) is 0.400. The first-order valence-corrected chi connectivity index (χ1v) is 6.97. The summed E-state index contributed by atoms with van der Waals surface area (Å²) in [6.45, 7) is 0.371. The summed E-state index contributed by atoms with van der Waals surface area (Å²) >= 11 is 0. The maximum absolute atomic E-state index is 12.3. The van der Waals surface area contributed by atoms with Gasteiger partial charge in [0.2, 0.25) is 17.7 Å². The summed E-state index contributed by atoms with van der Waals surface area (Å²) in [6, 6.07) is 8.92. The van der Waals surface area contributed by atoms with Crippen LogP contribution >= 0.6 is 0 Å². The number of hydrogen-bond donors (Lipinski definition) is 2. The van der Waals surface area contributed by atoms with Gasteiger partial charge < -0.3 is 16.0 Å². The summed E-state index contributed by atoms with van der Waals surface area (Å²) in [5.74, 6) is -0.978. The lowest BCUT2D eigenvalue weighted by atomic mass is 10.1. The maximum Gasteiger partial charge on any atom is 0.243 e. The van der Waals surface area contributed by atoms with Gasteiger partial charge in [-0.2, -0.15) is 0 Å². The van der Waals surface area contributed by atoms with Crippen molar-refractivity contribution in [1.29, 1.82) is 0 Å². The Labute approximate surface area is 123 Å². The molecule has 6 nitrogen and oxygen atoms in total. The van der Waals surface area contributed by atoms with Gasteiger partial charge in [-0.15, -0.1) is 0 Å². The molecule has 1 saturated heterocycles. The highest BCUT2D eigenvalue weighted by atomic mass is 16.2. The zero-order valence-electron chi connectivity index (χ0n) is 11.7. The van der Waals surface area contributed by atoms with Crippen LogP contribution in [0.15, 0.2) is 30.3 Å². The predicted octanol–water partition coefficient (Wildman–Crippen LogP) is -0.178. The highest BCUT2D eigenvalue weighted by Crippen LogP contribution is 2.18. The summed E-state index contributed by atoms with van der Waals surface area (Å²) in [5.41, 5.74) is 5.92. The molecule has 1 heterocycles. The van der Waals surface area contributed by atoms with E-state index in [0.29, 0.717) is 13.0 Å². The van der Waals surface area contributed by atoms with Crippen molar-refractivity contribution in [2.45, 2.75) is 25.3 Å². The van der Waals surface area contributed by atoms with E-state index in [1.165, 1.54) is 0 Å². The molecule has 0 radical (unpaired) electrons. The minimum atomic E-state index is -0.594. The van der Waals surface area contributed by atoms with E-state index < -0.39 is 11.9 Å². The molecule has 1 aliphatic rings. The molecule has 3 N–H and O–H groups in total. The minimum Gasteiger partial charge on any atom is -0.368 e. The Balaban J connectivity index is 1.96. The molecule has 0 spiro atoms. The van der Waals surface area contributed by atoms with Gasteiger partial charge in [0.05, 0.1) is 13.0 Å². The molecule has 0 unspecified atom stereocenters. The topological polar surface area (TPSA) is 92.5 Å². The minimum absolute atomic E-state index is 0.0714.